The van der Waals surface area contributed by atoms with Crippen LogP contribution in [0.25, 0.3) is 0 Å². The van der Waals surface area contributed by atoms with Gasteiger partial charge in [0.2, 0.25) is 0 Å². The largest absolute Gasteiger partial charge is 0.363 e. The number of carbonyl (C=O) groups excluding carboxylic acids is 1. The Kier molecular flexibility index (Phi) is 5.37. The zero-order valence-electron chi connectivity index (χ0n) is 15.6. The molecule has 0 bridgehead atoms. The van der Waals surface area contributed by atoms with E-state index in [1.54, 1.807) is 23.2 Å². The molecular weight excluding hydrogens is 364 g/mol. The minimum atomic E-state index is -0.435. The zero-order chi connectivity index (χ0) is 19.6. The first-order valence-electron chi connectivity index (χ1n) is 9.55. The molecule has 4 rings (SSSR count). The Labute approximate surface area is 162 Å². The lowest BCUT2D eigenvalue weighted by Crippen LogP contribution is -2.55. The number of nitrogens with zero attached hydrogens (tertiary/aromatic N) is 3. The van der Waals surface area contributed by atoms with Gasteiger partial charge in [0.1, 0.15) is 18.2 Å². The average molecular weight is 387 g/mol. The van der Waals surface area contributed by atoms with Crippen molar-refractivity contribution in [3.63, 3.8) is 0 Å². The molecule has 0 saturated carbocycles. The van der Waals surface area contributed by atoms with Crippen LogP contribution in [0.5, 0.6) is 0 Å². The molecule has 5 nitrogen and oxygen atoms in total. The van der Waals surface area contributed by atoms with E-state index in [1.165, 1.54) is 24.4 Å². The van der Waals surface area contributed by atoms with Gasteiger partial charge in [-0.15, -0.1) is 0 Å². The second kappa shape index (κ2) is 7.93. The van der Waals surface area contributed by atoms with E-state index >= 15 is 0 Å². The fourth-order valence-corrected chi connectivity index (χ4v) is 4.08. The standard InChI is InChI=1S/C21H23F2N3O2/c22-17-3-1-4-19(10-17)26-15-21(28-14-20(26)27)5-2-7-25(8-6-21)13-16-9-18(23)12-24-11-16/h1,3-4,9-12H,2,5-8,13-15H2. The molecule has 2 aromatic rings. The molecule has 2 aliphatic rings. The number of ether oxygens (including phenoxy) is 1. The van der Waals surface area contributed by atoms with Gasteiger partial charge in [-0.2, -0.15) is 0 Å². The highest BCUT2D eigenvalue weighted by Crippen LogP contribution is 2.33. The van der Waals surface area contributed by atoms with Crippen LogP contribution in [0.1, 0.15) is 24.8 Å². The summed E-state index contributed by atoms with van der Waals surface area (Å²) in [7, 11) is 0. The number of amides is 1. The molecular formula is C21H23F2N3O2. The number of hydrogen-bond acceptors (Lipinski definition) is 4. The van der Waals surface area contributed by atoms with Crippen molar-refractivity contribution in [2.45, 2.75) is 31.4 Å². The normalized spacial score (nSPS) is 23.8. The molecule has 0 aliphatic carbocycles. The van der Waals surface area contributed by atoms with Crippen molar-refractivity contribution in [2.75, 3.05) is 31.1 Å². The maximum absolute atomic E-state index is 13.6. The highest BCUT2D eigenvalue weighted by molar-refractivity contribution is 5.95. The van der Waals surface area contributed by atoms with E-state index in [9.17, 15) is 13.6 Å². The van der Waals surface area contributed by atoms with Crippen LogP contribution in [0.4, 0.5) is 14.5 Å². The van der Waals surface area contributed by atoms with Crippen LogP contribution in [0.3, 0.4) is 0 Å². The molecule has 28 heavy (non-hydrogen) atoms. The number of morpholine rings is 1. The van der Waals surface area contributed by atoms with Crippen LogP contribution >= 0.6 is 0 Å². The van der Waals surface area contributed by atoms with Gasteiger partial charge in [0.25, 0.3) is 5.91 Å². The Morgan fingerprint density at radius 2 is 2.00 bits per heavy atom. The molecule has 3 heterocycles. The van der Waals surface area contributed by atoms with E-state index in [0.717, 1.165) is 37.9 Å². The van der Waals surface area contributed by atoms with E-state index in [0.29, 0.717) is 18.8 Å². The highest BCUT2D eigenvalue weighted by atomic mass is 19.1. The Morgan fingerprint density at radius 1 is 1.11 bits per heavy atom. The Hall–Kier alpha value is -2.38. The van der Waals surface area contributed by atoms with Crippen LogP contribution in [0, 0.1) is 11.6 Å². The molecule has 1 atom stereocenters. The summed E-state index contributed by atoms with van der Waals surface area (Å²) in [6.45, 7) is 2.71. The van der Waals surface area contributed by atoms with Crippen molar-refractivity contribution in [1.29, 1.82) is 0 Å². The SMILES string of the molecule is O=C1COC2(CCCN(Cc3cncc(F)c3)CC2)CN1c1cccc(F)c1. The van der Waals surface area contributed by atoms with Gasteiger partial charge >= 0.3 is 0 Å². The molecule has 1 amide bonds. The smallest absolute Gasteiger partial charge is 0.253 e. The number of benzene rings is 1. The van der Waals surface area contributed by atoms with Crippen molar-refractivity contribution >= 4 is 11.6 Å². The molecule has 2 fully saturated rings. The number of hydrogen-bond donors (Lipinski definition) is 0. The highest BCUT2D eigenvalue weighted by Gasteiger charge is 2.41. The number of aromatic nitrogens is 1. The number of likely N-dealkylation sites (tertiary alicyclic amines) is 1. The van der Waals surface area contributed by atoms with Gasteiger partial charge in [0.15, 0.2) is 0 Å². The van der Waals surface area contributed by atoms with Gasteiger partial charge in [-0.25, -0.2) is 8.78 Å². The Morgan fingerprint density at radius 3 is 2.82 bits per heavy atom. The van der Waals surface area contributed by atoms with Gasteiger partial charge in [0, 0.05) is 25.0 Å². The third kappa shape index (κ3) is 4.20. The van der Waals surface area contributed by atoms with E-state index in [-0.39, 0.29) is 24.1 Å². The molecule has 7 heteroatoms. The van der Waals surface area contributed by atoms with Crippen molar-refractivity contribution in [2.24, 2.45) is 0 Å². The molecule has 0 radical (unpaired) electrons. The zero-order valence-corrected chi connectivity index (χ0v) is 15.6. The van der Waals surface area contributed by atoms with Gasteiger partial charge in [-0.1, -0.05) is 6.07 Å². The van der Waals surface area contributed by atoms with Crippen molar-refractivity contribution in [3.8, 4) is 0 Å². The fraction of sp³-hybridized carbons (Fsp3) is 0.429. The van der Waals surface area contributed by atoms with Gasteiger partial charge < -0.3 is 9.64 Å². The topological polar surface area (TPSA) is 45.7 Å². The molecule has 148 valence electrons. The maximum Gasteiger partial charge on any atom is 0.253 e. The molecule has 1 spiro atoms. The second-order valence-electron chi connectivity index (χ2n) is 7.57. The number of anilines is 1. The second-order valence-corrected chi connectivity index (χ2v) is 7.57. The van der Waals surface area contributed by atoms with Crippen molar-refractivity contribution in [1.82, 2.24) is 9.88 Å². The van der Waals surface area contributed by atoms with E-state index < -0.39 is 5.60 Å². The number of carbonyl (C=O) groups is 1. The summed E-state index contributed by atoms with van der Waals surface area (Å²) in [6.07, 6.45) is 5.38. The Balaban J connectivity index is 1.45. The fourth-order valence-electron chi connectivity index (χ4n) is 4.08. The third-order valence-electron chi connectivity index (χ3n) is 5.53. The number of halogens is 2. The van der Waals surface area contributed by atoms with Crippen LogP contribution in [-0.2, 0) is 16.1 Å². The summed E-state index contributed by atoms with van der Waals surface area (Å²) in [5.74, 6) is -0.839. The van der Waals surface area contributed by atoms with E-state index in [1.807, 2.05) is 0 Å². The lowest BCUT2D eigenvalue weighted by Gasteiger charge is -2.42. The predicted molar refractivity (Wildman–Crippen MR) is 101 cm³/mol. The molecule has 0 N–H and O–H groups in total. The summed E-state index contributed by atoms with van der Waals surface area (Å²) in [5, 5.41) is 0. The number of pyridine rings is 1. The molecule has 1 unspecified atom stereocenters. The summed E-state index contributed by atoms with van der Waals surface area (Å²) >= 11 is 0. The quantitative estimate of drug-likeness (QED) is 0.812. The minimum Gasteiger partial charge on any atom is -0.363 e. The average Bonchev–Trinajstić information content (AvgIpc) is 2.87. The van der Waals surface area contributed by atoms with Crippen LogP contribution in [-0.4, -0.2) is 47.6 Å². The maximum atomic E-state index is 13.6. The summed E-state index contributed by atoms with van der Waals surface area (Å²) in [5.41, 5.74) is 0.978. The van der Waals surface area contributed by atoms with E-state index in [4.69, 9.17) is 4.74 Å². The first-order valence-corrected chi connectivity index (χ1v) is 9.55. The van der Waals surface area contributed by atoms with Gasteiger partial charge in [0.05, 0.1) is 18.3 Å². The van der Waals surface area contributed by atoms with Gasteiger partial charge in [-0.05, 0) is 55.6 Å². The molecule has 2 saturated heterocycles. The van der Waals surface area contributed by atoms with E-state index in [2.05, 4.69) is 9.88 Å². The van der Waals surface area contributed by atoms with Crippen LogP contribution in [0.2, 0.25) is 0 Å². The lowest BCUT2D eigenvalue weighted by atomic mass is 9.92. The number of rotatable bonds is 3. The van der Waals surface area contributed by atoms with Crippen molar-refractivity contribution < 1.29 is 18.3 Å². The van der Waals surface area contributed by atoms with Crippen molar-refractivity contribution in [3.05, 3.63) is 59.9 Å². The first kappa shape index (κ1) is 19.0. The first-order chi connectivity index (χ1) is 13.5. The summed E-state index contributed by atoms with van der Waals surface area (Å²) < 4.78 is 33.0. The summed E-state index contributed by atoms with van der Waals surface area (Å²) in [4.78, 5) is 20.2. The van der Waals surface area contributed by atoms with Crippen LogP contribution < -0.4 is 4.90 Å². The van der Waals surface area contributed by atoms with Gasteiger partial charge in [-0.3, -0.25) is 14.7 Å². The molecule has 2 aliphatic heterocycles. The molecule has 1 aromatic carbocycles. The lowest BCUT2D eigenvalue weighted by molar-refractivity contribution is -0.140. The third-order valence-corrected chi connectivity index (χ3v) is 5.53. The predicted octanol–water partition coefficient (Wildman–Crippen LogP) is 3.15. The molecule has 1 aromatic heterocycles. The Bertz CT molecular complexity index is 863. The van der Waals surface area contributed by atoms with Crippen LogP contribution in [0.15, 0.2) is 42.7 Å². The summed E-state index contributed by atoms with van der Waals surface area (Å²) in [6, 6.07) is 7.63. The monoisotopic (exact) mass is 387 g/mol. The minimum absolute atomic E-state index is 0.00430.